The summed E-state index contributed by atoms with van der Waals surface area (Å²) in [4.78, 5) is 0. The van der Waals surface area contributed by atoms with E-state index in [1.54, 1.807) is 0 Å². The van der Waals surface area contributed by atoms with E-state index < -0.39 is 0 Å². The van der Waals surface area contributed by atoms with Crippen LogP contribution in [0.2, 0.25) is 5.02 Å². The largest absolute Gasteiger partial charge is 0.378 e. The Bertz CT molecular complexity index is 446. The van der Waals surface area contributed by atoms with Crippen LogP contribution in [-0.4, -0.2) is 25.3 Å². The van der Waals surface area contributed by atoms with Gasteiger partial charge in [-0.2, -0.15) is 0 Å². The van der Waals surface area contributed by atoms with Crippen molar-refractivity contribution >= 4 is 11.6 Å². The SMILES string of the molecule is CC1OCCC1(CNC1CC1)Cc1ccccc1Cl. The van der Waals surface area contributed by atoms with E-state index in [1.165, 1.54) is 18.4 Å². The van der Waals surface area contributed by atoms with Crippen molar-refractivity contribution in [3.63, 3.8) is 0 Å². The van der Waals surface area contributed by atoms with Crippen LogP contribution in [0.25, 0.3) is 0 Å². The van der Waals surface area contributed by atoms with Gasteiger partial charge in [-0.15, -0.1) is 0 Å². The normalized spacial score (nSPS) is 30.7. The quantitative estimate of drug-likeness (QED) is 0.892. The predicted octanol–water partition coefficient (Wildman–Crippen LogP) is 3.43. The van der Waals surface area contributed by atoms with Crippen molar-refractivity contribution in [1.29, 1.82) is 0 Å². The molecule has 2 atom stereocenters. The Morgan fingerprint density at radius 3 is 2.79 bits per heavy atom. The molecule has 3 heteroatoms. The van der Waals surface area contributed by atoms with Crippen LogP contribution in [-0.2, 0) is 11.2 Å². The van der Waals surface area contributed by atoms with E-state index in [-0.39, 0.29) is 5.41 Å². The van der Waals surface area contributed by atoms with Gasteiger partial charge in [-0.25, -0.2) is 0 Å². The molecule has 19 heavy (non-hydrogen) atoms. The average molecular weight is 280 g/mol. The lowest BCUT2D eigenvalue weighted by atomic mass is 9.76. The fourth-order valence-electron chi connectivity index (χ4n) is 3.00. The van der Waals surface area contributed by atoms with Crippen LogP contribution < -0.4 is 5.32 Å². The number of hydrogen-bond acceptors (Lipinski definition) is 2. The Balaban J connectivity index is 1.76. The first-order chi connectivity index (χ1) is 9.20. The first kappa shape index (κ1) is 13.4. The van der Waals surface area contributed by atoms with Gasteiger partial charge in [-0.05, 0) is 44.2 Å². The highest BCUT2D eigenvalue weighted by atomic mass is 35.5. The summed E-state index contributed by atoms with van der Waals surface area (Å²) in [5.41, 5.74) is 1.45. The second kappa shape index (κ2) is 5.43. The number of ether oxygens (including phenoxy) is 1. The molecule has 1 aromatic rings. The van der Waals surface area contributed by atoms with E-state index in [2.05, 4.69) is 24.4 Å². The number of nitrogens with one attached hydrogen (secondary N) is 1. The third-order valence-corrected chi connectivity index (χ3v) is 5.02. The lowest BCUT2D eigenvalue weighted by molar-refractivity contribution is 0.0628. The first-order valence-electron chi connectivity index (χ1n) is 7.28. The third-order valence-electron chi connectivity index (χ3n) is 4.65. The van der Waals surface area contributed by atoms with Gasteiger partial charge in [0.1, 0.15) is 0 Å². The molecule has 1 aliphatic heterocycles. The molecule has 2 unspecified atom stereocenters. The topological polar surface area (TPSA) is 21.3 Å². The molecule has 0 spiro atoms. The Hall–Kier alpha value is -0.570. The average Bonchev–Trinajstić information content (AvgIpc) is 3.16. The molecule has 2 aliphatic rings. The molecule has 0 amide bonds. The standard InChI is InChI=1S/C16H22ClNO/c1-12-16(8-9-19-12,11-18-14-6-7-14)10-13-4-2-3-5-15(13)17/h2-5,12,14,18H,6-11H2,1H3. The highest BCUT2D eigenvalue weighted by Gasteiger charge is 2.42. The first-order valence-corrected chi connectivity index (χ1v) is 7.66. The molecule has 1 heterocycles. The van der Waals surface area contributed by atoms with Gasteiger partial charge in [-0.1, -0.05) is 29.8 Å². The maximum Gasteiger partial charge on any atom is 0.0619 e. The van der Waals surface area contributed by atoms with Crippen molar-refractivity contribution in [1.82, 2.24) is 5.32 Å². The van der Waals surface area contributed by atoms with Crippen LogP contribution in [0.15, 0.2) is 24.3 Å². The molecule has 0 aromatic heterocycles. The molecular weight excluding hydrogens is 258 g/mol. The Labute approximate surface area is 120 Å². The number of hydrogen-bond donors (Lipinski definition) is 1. The van der Waals surface area contributed by atoms with Gasteiger partial charge < -0.3 is 10.1 Å². The Kier molecular flexibility index (Phi) is 3.84. The zero-order valence-corrected chi connectivity index (χ0v) is 12.2. The van der Waals surface area contributed by atoms with Gasteiger partial charge in [0.2, 0.25) is 0 Å². The molecule has 0 radical (unpaired) electrons. The monoisotopic (exact) mass is 279 g/mol. The molecular formula is C16H22ClNO. The highest BCUT2D eigenvalue weighted by molar-refractivity contribution is 6.31. The number of halogens is 1. The fraction of sp³-hybridized carbons (Fsp3) is 0.625. The predicted molar refractivity (Wildman–Crippen MR) is 78.6 cm³/mol. The molecule has 0 bridgehead atoms. The molecule has 2 nitrogen and oxygen atoms in total. The van der Waals surface area contributed by atoms with Crippen molar-refractivity contribution in [3.05, 3.63) is 34.9 Å². The molecule has 1 aromatic carbocycles. The summed E-state index contributed by atoms with van der Waals surface area (Å²) in [6, 6.07) is 8.95. The van der Waals surface area contributed by atoms with Crippen LogP contribution >= 0.6 is 11.6 Å². The van der Waals surface area contributed by atoms with Crippen molar-refractivity contribution < 1.29 is 4.74 Å². The summed E-state index contributed by atoms with van der Waals surface area (Å²) >= 11 is 6.33. The molecule has 2 fully saturated rings. The van der Waals surface area contributed by atoms with Crippen LogP contribution in [0.4, 0.5) is 0 Å². The minimum absolute atomic E-state index is 0.202. The van der Waals surface area contributed by atoms with Crippen LogP contribution in [0.1, 0.15) is 31.7 Å². The summed E-state index contributed by atoms with van der Waals surface area (Å²) in [6.07, 6.45) is 5.09. The fourth-order valence-corrected chi connectivity index (χ4v) is 3.20. The van der Waals surface area contributed by atoms with Crippen molar-refractivity contribution in [2.24, 2.45) is 5.41 Å². The molecule has 1 saturated heterocycles. The highest BCUT2D eigenvalue weighted by Crippen LogP contribution is 2.39. The molecule has 104 valence electrons. The maximum absolute atomic E-state index is 6.33. The zero-order valence-electron chi connectivity index (χ0n) is 11.5. The lowest BCUT2D eigenvalue weighted by Crippen LogP contribution is -2.42. The second-order valence-electron chi connectivity index (χ2n) is 6.05. The van der Waals surface area contributed by atoms with Crippen molar-refractivity contribution in [2.75, 3.05) is 13.2 Å². The minimum Gasteiger partial charge on any atom is -0.378 e. The molecule has 3 rings (SSSR count). The maximum atomic E-state index is 6.33. The van der Waals surface area contributed by atoms with Crippen molar-refractivity contribution in [2.45, 2.75) is 44.8 Å². The van der Waals surface area contributed by atoms with Gasteiger partial charge in [0.05, 0.1) is 6.10 Å². The summed E-state index contributed by atoms with van der Waals surface area (Å²) in [7, 11) is 0. The molecule has 1 N–H and O–H groups in total. The van der Waals surface area contributed by atoms with Gasteiger partial charge in [0, 0.05) is 29.6 Å². The Morgan fingerprint density at radius 1 is 1.37 bits per heavy atom. The summed E-state index contributed by atoms with van der Waals surface area (Å²) in [5.74, 6) is 0. The number of rotatable bonds is 5. The summed E-state index contributed by atoms with van der Waals surface area (Å²) in [6.45, 7) is 4.13. The van der Waals surface area contributed by atoms with E-state index in [0.29, 0.717) is 6.10 Å². The van der Waals surface area contributed by atoms with Crippen molar-refractivity contribution in [3.8, 4) is 0 Å². The van der Waals surface area contributed by atoms with Gasteiger partial charge in [-0.3, -0.25) is 0 Å². The smallest absolute Gasteiger partial charge is 0.0619 e. The molecule has 1 aliphatic carbocycles. The number of benzene rings is 1. The van der Waals surface area contributed by atoms with E-state index in [9.17, 15) is 0 Å². The Morgan fingerprint density at radius 2 is 2.16 bits per heavy atom. The van der Waals surface area contributed by atoms with Crippen LogP contribution in [0, 0.1) is 5.41 Å². The van der Waals surface area contributed by atoms with Gasteiger partial charge in [0.15, 0.2) is 0 Å². The van der Waals surface area contributed by atoms with E-state index in [1.807, 2.05) is 12.1 Å². The zero-order chi connectivity index (χ0) is 13.3. The van der Waals surface area contributed by atoms with E-state index in [0.717, 1.165) is 37.1 Å². The second-order valence-corrected chi connectivity index (χ2v) is 6.46. The summed E-state index contributed by atoms with van der Waals surface area (Å²) < 4.78 is 5.85. The summed E-state index contributed by atoms with van der Waals surface area (Å²) in [5, 5.41) is 4.57. The third kappa shape index (κ3) is 2.96. The molecule has 1 saturated carbocycles. The van der Waals surface area contributed by atoms with Gasteiger partial charge >= 0.3 is 0 Å². The van der Waals surface area contributed by atoms with E-state index >= 15 is 0 Å². The lowest BCUT2D eigenvalue weighted by Gasteiger charge is -2.33. The minimum atomic E-state index is 0.202. The van der Waals surface area contributed by atoms with Gasteiger partial charge in [0.25, 0.3) is 0 Å². The van der Waals surface area contributed by atoms with Crippen LogP contribution in [0.3, 0.4) is 0 Å². The van der Waals surface area contributed by atoms with E-state index in [4.69, 9.17) is 16.3 Å². The van der Waals surface area contributed by atoms with Crippen LogP contribution in [0.5, 0.6) is 0 Å².